The van der Waals surface area contributed by atoms with E-state index >= 15 is 0 Å². The minimum atomic E-state index is -0.593. The standard InChI is InChI=1S/C13H13ClN4O/c1-7-2-3-8(4-10(7)14)18-12-5-9(13(16)19)11(15)6-17-12/h2-6H,15H2,1H3,(H2,16,19)(H,17,18). The molecule has 0 bridgehead atoms. The van der Waals surface area contributed by atoms with E-state index in [0.29, 0.717) is 10.8 Å². The maximum atomic E-state index is 11.2. The number of benzene rings is 1. The first-order valence-corrected chi connectivity index (χ1v) is 5.93. The number of primary amides is 1. The van der Waals surface area contributed by atoms with Crippen LogP contribution in [0.1, 0.15) is 15.9 Å². The Morgan fingerprint density at radius 1 is 1.37 bits per heavy atom. The highest BCUT2D eigenvalue weighted by Gasteiger charge is 2.08. The van der Waals surface area contributed by atoms with Crippen molar-refractivity contribution in [2.45, 2.75) is 6.92 Å². The van der Waals surface area contributed by atoms with Crippen LogP contribution in [0.25, 0.3) is 0 Å². The van der Waals surface area contributed by atoms with E-state index in [1.165, 1.54) is 12.3 Å². The summed E-state index contributed by atoms with van der Waals surface area (Å²) in [4.78, 5) is 15.3. The van der Waals surface area contributed by atoms with Gasteiger partial charge >= 0.3 is 0 Å². The molecule has 0 spiro atoms. The van der Waals surface area contributed by atoms with Gasteiger partial charge in [-0.3, -0.25) is 4.79 Å². The highest BCUT2D eigenvalue weighted by Crippen LogP contribution is 2.23. The Balaban J connectivity index is 2.30. The van der Waals surface area contributed by atoms with Crippen molar-refractivity contribution in [2.24, 2.45) is 5.73 Å². The first-order chi connectivity index (χ1) is 8.97. The molecule has 19 heavy (non-hydrogen) atoms. The smallest absolute Gasteiger partial charge is 0.250 e. The van der Waals surface area contributed by atoms with Crippen molar-refractivity contribution in [1.29, 1.82) is 0 Å². The van der Waals surface area contributed by atoms with Crippen LogP contribution in [0.2, 0.25) is 5.02 Å². The lowest BCUT2D eigenvalue weighted by Gasteiger charge is -2.09. The number of anilines is 3. The maximum absolute atomic E-state index is 11.2. The molecular formula is C13H13ClN4O. The number of nitrogens with one attached hydrogen (secondary N) is 1. The summed E-state index contributed by atoms with van der Waals surface area (Å²) >= 11 is 6.03. The summed E-state index contributed by atoms with van der Waals surface area (Å²) in [6.45, 7) is 1.92. The number of aromatic nitrogens is 1. The number of aryl methyl sites for hydroxylation is 1. The van der Waals surface area contributed by atoms with Gasteiger partial charge in [0.15, 0.2) is 0 Å². The zero-order valence-corrected chi connectivity index (χ0v) is 11.0. The van der Waals surface area contributed by atoms with Crippen molar-refractivity contribution in [2.75, 3.05) is 11.1 Å². The van der Waals surface area contributed by atoms with Gasteiger partial charge < -0.3 is 16.8 Å². The van der Waals surface area contributed by atoms with Gasteiger partial charge in [0.1, 0.15) is 5.82 Å². The van der Waals surface area contributed by atoms with E-state index in [1.54, 1.807) is 6.07 Å². The van der Waals surface area contributed by atoms with Crippen molar-refractivity contribution in [3.05, 3.63) is 46.6 Å². The molecule has 0 aliphatic heterocycles. The number of halogens is 1. The van der Waals surface area contributed by atoms with Crippen LogP contribution in [0.15, 0.2) is 30.5 Å². The highest BCUT2D eigenvalue weighted by molar-refractivity contribution is 6.31. The van der Waals surface area contributed by atoms with Crippen molar-refractivity contribution in [3.8, 4) is 0 Å². The van der Waals surface area contributed by atoms with Gasteiger partial charge in [0.05, 0.1) is 17.4 Å². The topological polar surface area (TPSA) is 94.0 Å². The Morgan fingerprint density at radius 3 is 2.74 bits per heavy atom. The average molecular weight is 277 g/mol. The van der Waals surface area contributed by atoms with E-state index in [1.807, 2.05) is 19.1 Å². The van der Waals surface area contributed by atoms with Gasteiger partial charge in [-0.1, -0.05) is 17.7 Å². The Hall–Kier alpha value is -2.27. The molecule has 0 atom stereocenters. The molecule has 1 amide bonds. The minimum Gasteiger partial charge on any atom is -0.397 e. The third kappa shape index (κ3) is 2.95. The quantitative estimate of drug-likeness (QED) is 0.803. The van der Waals surface area contributed by atoms with E-state index in [-0.39, 0.29) is 11.3 Å². The van der Waals surface area contributed by atoms with Crippen LogP contribution in [0.3, 0.4) is 0 Å². The Kier molecular flexibility index (Phi) is 3.57. The summed E-state index contributed by atoms with van der Waals surface area (Å²) in [5, 5.41) is 3.68. The lowest BCUT2D eigenvalue weighted by molar-refractivity contribution is 0.100. The normalized spacial score (nSPS) is 10.2. The number of amides is 1. The second-order valence-electron chi connectivity index (χ2n) is 4.11. The molecule has 2 rings (SSSR count). The fourth-order valence-electron chi connectivity index (χ4n) is 1.57. The molecule has 1 aromatic heterocycles. The molecule has 5 N–H and O–H groups in total. The van der Waals surface area contributed by atoms with Crippen molar-refractivity contribution >= 4 is 34.7 Å². The van der Waals surface area contributed by atoms with Crippen molar-refractivity contribution in [1.82, 2.24) is 4.98 Å². The molecular weight excluding hydrogens is 264 g/mol. The SMILES string of the molecule is Cc1ccc(Nc2cc(C(N)=O)c(N)cn2)cc1Cl. The molecule has 1 heterocycles. The Labute approximate surface area is 115 Å². The van der Waals surface area contributed by atoms with Crippen LogP contribution in [-0.2, 0) is 0 Å². The summed E-state index contributed by atoms with van der Waals surface area (Å²) in [6.07, 6.45) is 1.39. The minimum absolute atomic E-state index is 0.232. The molecule has 98 valence electrons. The number of carbonyl (C=O) groups is 1. The fourth-order valence-corrected chi connectivity index (χ4v) is 1.75. The van der Waals surface area contributed by atoms with Gasteiger partial charge in [-0.15, -0.1) is 0 Å². The number of nitrogens with two attached hydrogens (primary N) is 2. The van der Waals surface area contributed by atoms with Gasteiger partial charge in [0, 0.05) is 10.7 Å². The number of hydrogen-bond acceptors (Lipinski definition) is 4. The van der Waals surface area contributed by atoms with Gasteiger partial charge in [-0.2, -0.15) is 0 Å². The number of carbonyl (C=O) groups excluding carboxylic acids is 1. The van der Waals surface area contributed by atoms with E-state index < -0.39 is 5.91 Å². The van der Waals surface area contributed by atoms with Crippen LogP contribution in [0.4, 0.5) is 17.2 Å². The predicted molar refractivity (Wildman–Crippen MR) is 76.6 cm³/mol. The average Bonchev–Trinajstić information content (AvgIpc) is 2.36. The first-order valence-electron chi connectivity index (χ1n) is 5.56. The summed E-state index contributed by atoms with van der Waals surface area (Å²) in [5.41, 5.74) is 13.1. The molecule has 6 heteroatoms. The van der Waals surface area contributed by atoms with Gasteiger partial charge in [-0.25, -0.2) is 4.98 Å². The zero-order chi connectivity index (χ0) is 14.0. The summed E-state index contributed by atoms with van der Waals surface area (Å²) in [6, 6.07) is 7.03. The monoisotopic (exact) mass is 276 g/mol. The van der Waals surface area contributed by atoms with Crippen LogP contribution in [0.5, 0.6) is 0 Å². The zero-order valence-electron chi connectivity index (χ0n) is 10.3. The molecule has 0 aliphatic rings. The lowest BCUT2D eigenvalue weighted by atomic mass is 10.2. The molecule has 0 saturated heterocycles. The highest BCUT2D eigenvalue weighted by atomic mass is 35.5. The van der Waals surface area contributed by atoms with Crippen molar-refractivity contribution in [3.63, 3.8) is 0 Å². The van der Waals surface area contributed by atoms with Gasteiger partial charge in [-0.05, 0) is 30.7 Å². The van der Waals surface area contributed by atoms with E-state index in [0.717, 1.165) is 11.3 Å². The first kappa shape index (κ1) is 13.2. The van der Waals surface area contributed by atoms with E-state index in [2.05, 4.69) is 10.3 Å². The number of nitrogens with zero attached hydrogens (tertiary/aromatic N) is 1. The number of pyridine rings is 1. The summed E-state index contributed by atoms with van der Waals surface area (Å²) < 4.78 is 0. The Bertz CT molecular complexity index is 643. The molecule has 0 unspecified atom stereocenters. The second-order valence-corrected chi connectivity index (χ2v) is 4.52. The summed E-state index contributed by atoms with van der Waals surface area (Å²) in [5.74, 6) is -0.118. The van der Waals surface area contributed by atoms with Crippen LogP contribution >= 0.6 is 11.6 Å². The van der Waals surface area contributed by atoms with Crippen molar-refractivity contribution < 1.29 is 4.79 Å². The fraction of sp³-hybridized carbons (Fsp3) is 0.0769. The predicted octanol–water partition coefficient (Wildman–Crippen LogP) is 2.47. The molecule has 0 radical (unpaired) electrons. The van der Waals surface area contributed by atoms with E-state index in [9.17, 15) is 4.79 Å². The van der Waals surface area contributed by atoms with Crippen LogP contribution in [0, 0.1) is 6.92 Å². The molecule has 1 aromatic carbocycles. The largest absolute Gasteiger partial charge is 0.397 e. The third-order valence-electron chi connectivity index (χ3n) is 2.64. The molecule has 0 aliphatic carbocycles. The molecule has 5 nitrogen and oxygen atoms in total. The Morgan fingerprint density at radius 2 is 2.11 bits per heavy atom. The molecule has 0 fully saturated rings. The van der Waals surface area contributed by atoms with Gasteiger partial charge in [0.2, 0.25) is 0 Å². The number of hydrogen-bond donors (Lipinski definition) is 3. The third-order valence-corrected chi connectivity index (χ3v) is 3.05. The number of nitrogen functional groups attached to an aromatic ring is 1. The second kappa shape index (κ2) is 5.16. The van der Waals surface area contributed by atoms with E-state index in [4.69, 9.17) is 23.1 Å². The lowest BCUT2D eigenvalue weighted by Crippen LogP contribution is -2.14. The van der Waals surface area contributed by atoms with Crippen LogP contribution < -0.4 is 16.8 Å². The molecule has 2 aromatic rings. The van der Waals surface area contributed by atoms with Crippen LogP contribution in [-0.4, -0.2) is 10.9 Å². The maximum Gasteiger partial charge on any atom is 0.250 e. The summed E-state index contributed by atoms with van der Waals surface area (Å²) in [7, 11) is 0. The van der Waals surface area contributed by atoms with Gasteiger partial charge in [0.25, 0.3) is 5.91 Å². The number of rotatable bonds is 3. The molecule has 0 saturated carbocycles.